The van der Waals surface area contributed by atoms with Gasteiger partial charge in [-0.3, -0.25) is 0 Å². The summed E-state index contributed by atoms with van der Waals surface area (Å²) in [4.78, 5) is 2.46. The second-order valence-electron chi connectivity index (χ2n) is 8.25. The SMILES string of the molecule is Cc1ccc2c(c1)c1c3n2CC(c2cc[n+]([O-])c(C)c2)CC3CN(C)C1. The molecule has 26 heavy (non-hydrogen) atoms. The maximum atomic E-state index is 11.7. The van der Waals surface area contributed by atoms with Crippen LogP contribution in [0.15, 0.2) is 36.5 Å². The fourth-order valence-corrected chi connectivity index (χ4v) is 5.13. The summed E-state index contributed by atoms with van der Waals surface area (Å²) in [6.45, 7) is 7.25. The third-order valence-corrected chi connectivity index (χ3v) is 6.28. The highest BCUT2D eigenvalue weighted by atomic mass is 16.5. The first kappa shape index (κ1) is 15.9. The molecular formula is C22H25N3O. The number of aromatic nitrogens is 2. The number of fused-ring (bicyclic) bond motifs is 3. The van der Waals surface area contributed by atoms with Gasteiger partial charge in [-0.2, -0.15) is 4.73 Å². The van der Waals surface area contributed by atoms with Gasteiger partial charge >= 0.3 is 0 Å². The van der Waals surface area contributed by atoms with Crippen LogP contribution in [0.4, 0.5) is 0 Å². The molecule has 2 aromatic heterocycles. The lowest BCUT2D eigenvalue weighted by atomic mass is 9.81. The number of hydrogen-bond acceptors (Lipinski definition) is 2. The van der Waals surface area contributed by atoms with E-state index in [0.717, 1.165) is 36.5 Å². The summed E-state index contributed by atoms with van der Waals surface area (Å²) < 4.78 is 3.53. The van der Waals surface area contributed by atoms with Gasteiger partial charge in [0.15, 0.2) is 11.9 Å². The van der Waals surface area contributed by atoms with Crippen LogP contribution in [0.25, 0.3) is 10.9 Å². The Kier molecular flexibility index (Phi) is 3.41. The molecule has 0 fully saturated rings. The molecule has 0 bridgehead atoms. The zero-order chi connectivity index (χ0) is 18.0. The van der Waals surface area contributed by atoms with Crippen LogP contribution >= 0.6 is 0 Å². The highest BCUT2D eigenvalue weighted by molar-refractivity contribution is 5.87. The second-order valence-corrected chi connectivity index (χ2v) is 8.25. The van der Waals surface area contributed by atoms with Crippen molar-refractivity contribution in [2.75, 3.05) is 13.6 Å². The summed E-state index contributed by atoms with van der Waals surface area (Å²) in [7, 11) is 2.23. The molecule has 0 N–H and O–H groups in total. The predicted octanol–water partition coefficient (Wildman–Crippen LogP) is 3.61. The molecular weight excluding hydrogens is 322 g/mol. The Morgan fingerprint density at radius 1 is 1.08 bits per heavy atom. The van der Waals surface area contributed by atoms with Gasteiger partial charge in [0.05, 0.1) is 0 Å². The Hall–Kier alpha value is -2.33. The number of hydrogen-bond donors (Lipinski definition) is 0. The third-order valence-electron chi connectivity index (χ3n) is 6.28. The number of pyridine rings is 1. The minimum atomic E-state index is 0.462. The van der Waals surface area contributed by atoms with Crippen molar-refractivity contribution in [3.63, 3.8) is 0 Å². The summed E-state index contributed by atoms with van der Waals surface area (Å²) in [6.07, 6.45) is 2.82. The Morgan fingerprint density at radius 2 is 1.92 bits per heavy atom. The molecule has 2 atom stereocenters. The fraction of sp³-hybridized carbons (Fsp3) is 0.409. The lowest BCUT2D eigenvalue weighted by Gasteiger charge is -2.38. The molecule has 3 aromatic rings. The molecule has 2 aliphatic rings. The summed E-state index contributed by atoms with van der Waals surface area (Å²) in [5, 5.41) is 13.2. The standard InChI is InChI=1S/C22H25N3O/c1-14-4-5-21-19(8-14)20-13-23(3)11-18-10-17(12-24(21)22(18)20)16-6-7-25(26)15(2)9-16/h4-9,17-18H,10-13H2,1-3H3. The molecule has 4 heteroatoms. The largest absolute Gasteiger partial charge is 0.619 e. The minimum Gasteiger partial charge on any atom is -0.619 e. The topological polar surface area (TPSA) is 35.1 Å². The van der Waals surface area contributed by atoms with Gasteiger partial charge in [-0.05, 0) is 43.7 Å². The van der Waals surface area contributed by atoms with Crippen LogP contribution in [0.5, 0.6) is 0 Å². The molecule has 134 valence electrons. The minimum absolute atomic E-state index is 0.462. The highest BCUT2D eigenvalue weighted by Crippen LogP contribution is 2.45. The Balaban J connectivity index is 1.67. The van der Waals surface area contributed by atoms with Crippen molar-refractivity contribution in [3.8, 4) is 0 Å². The smallest absolute Gasteiger partial charge is 0.189 e. The highest BCUT2D eigenvalue weighted by Gasteiger charge is 2.36. The van der Waals surface area contributed by atoms with Gasteiger partial charge in [0, 0.05) is 67.1 Å². The monoisotopic (exact) mass is 347 g/mol. The molecule has 2 unspecified atom stereocenters. The van der Waals surface area contributed by atoms with Gasteiger partial charge in [0.25, 0.3) is 0 Å². The first-order chi connectivity index (χ1) is 12.5. The zero-order valence-electron chi connectivity index (χ0n) is 15.7. The molecule has 5 rings (SSSR count). The van der Waals surface area contributed by atoms with Crippen LogP contribution in [-0.2, 0) is 13.1 Å². The summed E-state index contributed by atoms with van der Waals surface area (Å²) in [5.74, 6) is 1.03. The van der Waals surface area contributed by atoms with Crippen LogP contribution in [-0.4, -0.2) is 23.1 Å². The predicted molar refractivity (Wildman–Crippen MR) is 103 cm³/mol. The van der Waals surface area contributed by atoms with Crippen LogP contribution in [0.2, 0.25) is 0 Å². The quantitative estimate of drug-likeness (QED) is 0.498. The lowest BCUT2D eigenvalue weighted by Crippen LogP contribution is -2.36. The average Bonchev–Trinajstić information content (AvgIpc) is 2.91. The van der Waals surface area contributed by atoms with Gasteiger partial charge in [-0.25, -0.2) is 0 Å². The zero-order valence-corrected chi connectivity index (χ0v) is 15.7. The van der Waals surface area contributed by atoms with Gasteiger partial charge < -0.3 is 14.7 Å². The van der Waals surface area contributed by atoms with E-state index in [1.807, 2.05) is 13.0 Å². The average molecular weight is 347 g/mol. The lowest BCUT2D eigenvalue weighted by molar-refractivity contribution is -0.612. The van der Waals surface area contributed by atoms with Crippen molar-refractivity contribution >= 4 is 10.9 Å². The van der Waals surface area contributed by atoms with Crippen molar-refractivity contribution in [1.82, 2.24) is 9.47 Å². The van der Waals surface area contributed by atoms with Gasteiger partial charge in [-0.1, -0.05) is 11.6 Å². The van der Waals surface area contributed by atoms with Gasteiger partial charge in [0.2, 0.25) is 0 Å². The van der Waals surface area contributed by atoms with E-state index in [-0.39, 0.29) is 0 Å². The normalized spacial score (nSPS) is 22.6. The van der Waals surface area contributed by atoms with Crippen molar-refractivity contribution in [2.24, 2.45) is 0 Å². The fourth-order valence-electron chi connectivity index (χ4n) is 5.13. The summed E-state index contributed by atoms with van der Waals surface area (Å²) in [5.41, 5.74) is 7.87. The van der Waals surface area contributed by atoms with E-state index >= 15 is 0 Å². The first-order valence-corrected chi connectivity index (χ1v) is 9.51. The Morgan fingerprint density at radius 3 is 2.73 bits per heavy atom. The number of aryl methyl sites for hydroxylation is 2. The number of benzene rings is 1. The van der Waals surface area contributed by atoms with Crippen LogP contribution in [0, 0.1) is 19.1 Å². The molecule has 0 radical (unpaired) electrons. The van der Waals surface area contributed by atoms with Gasteiger partial charge in [0.1, 0.15) is 0 Å². The first-order valence-electron chi connectivity index (χ1n) is 9.51. The molecule has 0 spiro atoms. The number of nitrogens with zero attached hydrogens (tertiary/aromatic N) is 3. The van der Waals surface area contributed by atoms with Crippen LogP contribution in [0.3, 0.4) is 0 Å². The summed E-state index contributed by atoms with van der Waals surface area (Å²) >= 11 is 0. The number of likely N-dealkylation sites (N-methyl/N-ethyl adjacent to an activating group) is 1. The van der Waals surface area contributed by atoms with E-state index in [4.69, 9.17) is 0 Å². The van der Waals surface area contributed by atoms with E-state index in [1.165, 1.54) is 27.6 Å². The summed E-state index contributed by atoms with van der Waals surface area (Å²) in [6, 6.07) is 11.0. The van der Waals surface area contributed by atoms with E-state index in [0.29, 0.717) is 11.8 Å². The van der Waals surface area contributed by atoms with Crippen LogP contribution < -0.4 is 4.73 Å². The van der Waals surface area contributed by atoms with E-state index in [2.05, 4.69) is 47.7 Å². The molecule has 4 heterocycles. The van der Waals surface area contributed by atoms with Crippen molar-refractivity contribution in [3.05, 3.63) is 69.8 Å². The Labute approximate surface area is 154 Å². The maximum absolute atomic E-state index is 11.7. The van der Waals surface area contributed by atoms with Crippen molar-refractivity contribution in [2.45, 2.75) is 45.2 Å². The van der Waals surface area contributed by atoms with Crippen molar-refractivity contribution in [1.29, 1.82) is 0 Å². The maximum Gasteiger partial charge on any atom is 0.189 e. The van der Waals surface area contributed by atoms with Crippen molar-refractivity contribution < 1.29 is 4.73 Å². The third kappa shape index (κ3) is 2.28. The molecule has 0 saturated heterocycles. The molecule has 2 aliphatic heterocycles. The van der Waals surface area contributed by atoms with Gasteiger partial charge in [-0.15, -0.1) is 0 Å². The van der Waals surface area contributed by atoms with E-state index < -0.39 is 0 Å². The molecule has 4 nitrogen and oxygen atoms in total. The molecule has 1 aromatic carbocycles. The second kappa shape index (κ2) is 5.58. The van der Waals surface area contributed by atoms with E-state index in [1.54, 1.807) is 11.9 Å². The molecule has 0 amide bonds. The number of rotatable bonds is 1. The molecule has 0 aliphatic carbocycles. The van der Waals surface area contributed by atoms with Crippen LogP contribution in [0.1, 0.15) is 46.3 Å². The molecule has 0 saturated carbocycles. The van der Waals surface area contributed by atoms with E-state index in [9.17, 15) is 5.21 Å². The Bertz CT molecular complexity index is 1020.